The zero-order chi connectivity index (χ0) is 18.2. The molecule has 10 heteroatoms. The van der Waals surface area contributed by atoms with Gasteiger partial charge in [0.25, 0.3) is 5.69 Å². The van der Waals surface area contributed by atoms with E-state index in [1.165, 1.54) is 12.3 Å². The van der Waals surface area contributed by atoms with Crippen molar-refractivity contribution in [3.8, 4) is 0 Å². The first kappa shape index (κ1) is 17.5. The van der Waals surface area contributed by atoms with Gasteiger partial charge < -0.3 is 0 Å². The summed E-state index contributed by atoms with van der Waals surface area (Å²) in [6, 6.07) is 12.5. The maximum atomic E-state index is 11.0. The van der Waals surface area contributed by atoms with E-state index in [-0.39, 0.29) is 11.4 Å². The Balaban J connectivity index is 2.07. The maximum absolute atomic E-state index is 11.0. The third-order valence-electron chi connectivity index (χ3n) is 2.96. The van der Waals surface area contributed by atoms with Gasteiger partial charge in [0.2, 0.25) is 0 Å². The summed E-state index contributed by atoms with van der Waals surface area (Å²) in [7, 11) is 0. The van der Waals surface area contributed by atoms with E-state index in [1.807, 2.05) is 30.3 Å². The molecule has 2 aromatic carbocycles. The van der Waals surface area contributed by atoms with Crippen molar-refractivity contribution in [2.24, 2.45) is 10.2 Å². The molecule has 0 saturated carbocycles. The molecule has 128 valence electrons. The highest BCUT2D eigenvalue weighted by Gasteiger charge is 2.19. The lowest BCUT2D eigenvalue weighted by atomic mass is 10.2. The van der Waals surface area contributed by atoms with Crippen LogP contribution in [0.5, 0.6) is 0 Å². The zero-order valence-corrected chi connectivity index (χ0v) is 13.1. The molecule has 2 aromatic rings. The quantitative estimate of drug-likeness (QED) is 0.450. The molecule has 0 fully saturated rings. The second-order valence-corrected chi connectivity index (χ2v) is 4.82. The Hall–Kier alpha value is -3.82. The van der Waals surface area contributed by atoms with Crippen LogP contribution in [0.1, 0.15) is 6.92 Å². The monoisotopic (exact) mass is 342 g/mol. The number of hydrogen-bond donors (Lipinski definition) is 2. The topological polar surface area (TPSA) is 135 Å². The Morgan fingerprint density at radius 2 is 1.76 bits per heavy atom. The van der Waals surface area contributed by atoms with Crippen LogP contribution in [0, 0.1) is 20.2 Å². The first-order valence-electron chi connectivity index (χ1n) is 7.04. The number of rotatable bonds is 7. The van der Waals surface area contributed by atoms with Crippen molar-refractivity contribution in [1.82, 2.24) is 0 Å². The number of non-ortho nitro benzene ring substituents is 1. The standard InChI is InChI=1S/C15H14N6O4/c1-11(10-16-18-12-5-3-2-4-6-12)17-19-14-8-7-13(20(22)23)9-15(14)21(24)25/h2-10,18-19H,1H3/b16-10-,17-11+. The largest absolute Gasteiger partial charge is 0.301 e. The van der Waals surface area contributed by atoms with E-state index in [4.69, 9.17) is 0 Å². The fraction of sp³-hybridized carbons (Fsp3) is 0.0667. The first-order chi connectivity index (χ1) is 12.0. The summed E-state index contributed by atoms with van der Waals surface area (Å²) in [6.45, 7) is 1.64. The molecule has 2 rings (SSSR count). The van der Waals surface area contributed by atoms with E-state index in [2.05, 4.69) is 21.1 Å². The minimum Gasteiger partial charge on any atom is -0.278 e. The van der Waals surface area contributed by atoms with Crippen LogP contribution in [0.15, 0.2) is 58.7 Å². The van der Waals surface area contributed by atoms with E-state index in [1.54, 1.807) is 6.92 Å². The first-order valence-corrected chi connectivity index (χ1v) is 7.04. The molecule has 0 unspecified atom stereocenters. The van der Waals surface area contributed by atoms with Crippen LogP contribution in [0.4, 0.5) is 22.7 Å². The molecular formula is C15H14N6O4. The molecule has 0 bridgehead atoms. The van der Waals surface area contributed by atoms with Gasteiger partial charge in [0, 0.05) is 6.07 Å². The average molecular weight is 342 g/mol. The number of para-hydroxylation sites is 1. The Kier molecular flexibility index (Phi) is 5.72. The normalized spacial score (nSPS) is 11.3. The molecule has 0 spiro atoms. The second-order valence-electron chi connectivity index (χ2n) is 4.82. The number of benzene rings is 2. The average Bonchev–Trinajstić information content (AvgIpc) is 2.60. The van der Waals surface area contributed by atoms with Crippen molar-refractivity contribution < 1.29 is 9.85 Å². The molecule has 0 saturated heterocycles. The predicted molar refractivity (Wildman–Crippen MR) is 95.0 cm³/mol. The predicted octanol–water partition coefficient (Wildman–Crippen LogP) is 3.39. The summed E-state index contributed by atoms with van der Waals surface area (Å²) in [5.74, 6) is 0. The van der Waals surface area contributed by atoms with Gasteiger partial charge in [-0.2, -0.15) is 10.2 Å². The summed E-state index contributed by atoms with van der Waals surface area (Å²) >= 11 is 0. The molecule has 0 aromatic heterocycles. The van der Waals surface area contributed by atoms with Gasteiger partial charge in [0.05, 0.1) is 33.5 Å². The number of nitro groups is 2. The molecule has 25 heavy (non-hydrogen) atoms. The Bertz CT molecular complexity index is 835. The van der Waals surface area contributed by atoms with Crippen molar-refractivity contribution in [2.75, 3.05) is 10.9 Å². The lowest BCUT2D eigenvalue weighted by molar-refractivity contribution is -0.393. The van der Waals surface area contributed by atoms with Gasteiger partial charge in [0.15, 0.2) is 0 Å². The van der Waals surface area contributed by atoms with Crippen LogP contribution in [-0.4, -0.2) is 21.8 Å². The van der Waals surface area contributed by atoms with Crippen molar-refractivity contribution in [3.05, 3.63) is 68.8 Å². The van der Waals surface area contributed by atoms with Gasteiger partial charge in [0.1, 0.15) is 5.69 Å². The fourth-order valence-electron chi connectivity index (χ4n) is 1.77. The van der Waals surface area contributed by atoms with Gasteiger partial charge in [-0.1, -0.05) is 18.2 Å². The Morgan fingerprint density at radius 1 is 1.04 bits per heavy atom. The second kappa shape index (κ2) is 8.15. The van der Waals surface area contributed by atoms with E-state index in [0.717, 1.165) is 17.8 Å². The minimum absolute atomic E-state index is 0.0411. The van der Waals surface area contributed by atoms with E-state index in [9.17, 15) is 20.2 Å². The van der Waals surface area contributed by atoms with E-state index < -0.39 is 15.5 Å². The summed E-state index contributed by atoms with van der Waals surface area (Å²) in [4.78, 5) is 20.3. The Labute approximate surface area is 142 Å². The third-order valence-corrected chi connectivity index (χ3v) is 2.96. The fourth-order valence-corrected chi connectivity index (χ4v) is 1.77. The molecule has 0 aliphatic carbocycles. The summed E-state index contributed by atoms with van der Waals surface area (Å²) in [5.41, 5.74) is 5.78. The number of hydrogen-bond acceptors (Lipinski definition) is 8. The van der Waals surface area contributed by atoms with Crippen molar-refractivity contribution in [2.45, 2.75) is 6.92 Å². The highest BCUT2D eigenvalue weighted by molar-refractivity contribution is 6.29. The summed E-state index contributed by atoms with van der Waals surface area (Å²) < 4.78 is 0. The van der Waals surface area contributed by atoms with E-state index >= 15 is 0 Å². The number of nitrogens with one attached hydrogen (secondary N) is 2. The highest BCUT2D eigenvalue weighted by Crippen LogP contribution is 2.28. The SMILES string of the molecule is CC(/C=N\Nc1ccccc1)=N\Nc1ccc([N+](=O)[O-])cc1[N+](=O)[O-]. The third kappa shape index (κ3) is 5.10. The molecule has 0 heterocycles. The molecular weight excluding hydrogens is 328 g/mol. The minimum atomic E-state index is -0.717. The van der Waals surface area contributed by atoms with Crippen LogP contribution in [-0.2, 0) is 0 Å². The molecule has 0 aliphatic heterocycles. The van der Waals surface area contributed by atoms with Gasteiger partial charge in [-0.3, -0.25) is 31.1 Å². The lowest BCUT2D eigenvalue weighted by Crippen LogP contribution is -2.03. The molecule has 10 nitrogen and oxygen atoms in total. The van der Waals surface area contributed by atoms with Gasteiger partial charge in [-0.05, 0) is 25.1 Å². The molecule has 0 radical (unpaired) electrons. The van der Waals surface area contributed by atoms with Crippen molar-refractivity contribution in [3.63, 3.8) is 0 Å². The van der Waals surface area contributed by atoms with Crippen LogP contribution < -0.4 is 10.9 Å². The van der Waals surface area contributed by atoms with Gasteiger partial charge >= 0.3 is 5.69 Å². The number of hydrazone groups is 2. The summed E-state index contributed by atoms with van der Waals surface area (Å²) in [6.07, 6.45) is 1.43. The lowest BCUT2D eigenvalue weighted by Gasteiger charge is -2.03. The van der Waals surface area contributed by atoms with Crippen molar-refractivity contribution >= 4 is 34.7 Å². The molecule has 0 amide bonds. The number of nitrogens with zero attached hydrogens (tertiary/aromatic N) is 4. The molecule has 2 N–H and O–H groups in total. The zero-order valence-electron chi connectivity index (χ0n) is 13.1. The number of anilines is 2. The Morgan fingerprint density at radius 3 is 2.40 bits per heavy atom. The van der Waals surface area contributed by atoms with Crippen LogP contribution in [0.25, 0.3) is 0 Å². The van der Waals surface area contributed by atoms with Crippen LogP contribution >= 0.6 is 0 Å². The number of nitro benzene ring substituents is 2. The van der Waals surface area contributed by atoms with Crippen LogP contribution in [0.3, 0.4) is 0 Å². The molecule has 0 aliphatic rings. The van der Waals surface area contributed by atoms with Gasteiger partial charge in [-0.15, -0.1) is 0 Å². The highest BCUT2D eigenvalue weighted by atomic mass is 16.6. The van der Waals surface area contributed by atoms with Gasteiger partial charge in [-0.25, -0.2) is 0 Å². The van der Waals surface area contributed by atoms with Crippen LogP contribution in [0.2, 0.25) is 0 Å². The summed E-state index contributed by atoms with van der Waals surface area (Å²) in [5, 5.41) is 29.7. The maximum Gasteiger partial charge on any atom is 0.301 e. The van der Waals surface area contributed by atoms with E-state index in [0.29, 0.717) is 5.71 Å². The molecule has 0 atom stereocenters. The smallest absolute Gasteiger partial charge is 0.278 e. The van der Waals surface area contributed by atoms with Crippen molar-refractivity contribution in [1.29, 1.82) is 0 Å².